The van der Waals surface area contributed by atoms with Gasteiger partial charge in [0.2, 0.25) is 15.8 Å². The maximum absolute atomic E-state index is 12.0. The minimum atomic E-state index is -3.47. The molecule has 0 unspecified atom stereocenters. The van der Waals surface area contributed by atoms with Gasteiger partial charge < -0.3 is 9.84 Å². The zero-order valence-corrected chi connectivity index (χ0v) is 15.5. The Kier molecular flexibility index (Phi) is 4.32. The van der Waals surface area contributed by atoms with Crippen LogP contribution in [0, 0.1) is 0 Å². The molecule has 0 atom stereocenters. The van der Waals surface area contributed by atoms with Gasteiger partial charge in [0.15, 0.2) is 5.82 Å². The number of anilines is 2. The number of carbonyl (C=O) groups excluding carboxylic acids is 1. The van der Waals surface area contributed by atoms with Crippen LogP contribution in [0.4, 0.5) is 11.5 Å². The third-order valence-electron chi connectivity index (χ3n) is 3.90. The van der Waals surface area contributed by atoms with Gasteiger partial charge in [0.25, 0.3) is 5.91 Å². The summed E-state index contributed by atoms with van der Waals surface area (Å²) in [5.74, 6) is -0.0473. The molecule has 0 spiro atoms. The van der Waals surface area contributed by atoms with Crippen LogP contribution < -0.4 is 10.0 Å². The summed E-state index contributed by atoms with van der Waals surface area (Å²) in [4.78, 5) is 12.0. The summed E-state index contributed by atoms with van der Waals surface area (Å²) in [7, 11) is -3.47. The monoisotopic (exact) mass is 397 g/mol. The number of carbonyl (C=O) groups is 1. The Balaban J connectivity index is 1.66. The number of amides is 1. The number of benzene rings is 2. The van der Waals surface area contributed by atoms with Crippen molar-refractivity contribution >= 4 is 38.3 Å². The maximum Gasteiger partial charge on any atom is 0.294 e. The fraction of sp³-hybridized carbons (Fsp3) is 0.0556. The maximum atomic E-state index is 12.0. The van der Waals surface area contributed by atoms with Crippen molar-refractivity contribution in [3.05, 3.63) is 66.6 Å². The summed E-state index contributed by atoms with van der Waals surface area (Å²) in [6.45, 7) is 0. The van der Waals surface area contributed by atoms with E-state index >= 15 is 0 Å². The summed E-state index contributed by atoms with van der Waals surface area (Å²) in [5, 5.41) is 11.3. The van der Waals surface area contributed by atoms with Crippen LogP contribution in [-0.4, -0.2) is 35.5 Å². The average Bonchev–Trinajstić information content (AvgIpc) is 3.30. The SMILES string of the molecule is CS(=O)(=O)Nc1nn(-c2ccc(NC(=O)c3ccno3)cc2)c2ccccc12. The van der Waals surface area contributed by atoms with Crippen LogP contribution in [0.25, 0.3) is 16.6 Å². The number of rotatable bonds is 5. The number of para-hydroxylation sites is 1. The molecule has 4 aromatic rings. The van der Waals surface area contributed by atoms with Crippen molar-refractivity contribution in [2.45, 2.75) is 0 Å². The number of sulfonamides is 1. The molecule has 2 heterocycles. The normalized spacial score (nSPS) is 11.5. The largest absolute Gasteiger partial charge is 0.351 e. The molecule has 142 valence electrons. The molecular formula is C18H15N5O4S. The van der Waals surface area contributed by atoms with Gasteiger partial charge in [0.05, 0.1) is 23.7 Å². The summed E-state index contributed by atoms with van der Waals surface area (Å²) < 4.78 is 32.1. The number of hydrogen-bond donors (Lipinski definition) is 2. The Labute approximate surface area is 160 Å². The molecule has 2 aromatic carbocycles. The highest BCUT2D eigenvalue weighted by Gasteiger charge is 2.15. The highest BCUT2D eigenvalue weighted by molar-refractivity contribution is 7.92. The fourth-order valence-corrected chi connectivity index (χ4v) is 3.23. The van der Waals surface area contributed by atoms with E-state index in [1.807, 2.05) is 18.2 Å². The van der Waals surface area contributed by atoms with Crippen molar-refractivity contribution in [1.82, 2.24) is 14.9 Å². The molecule has 2 aromatic heterocycles. The number of nitrogens with zero attached hydrogens (tertiary/aromatic N) is 3. The van der Waals surface area contributed by atoms with Crippen LogP contribution in [0.15, 0.2) is 65.3 Å². The highest BCUT2D eigenvalue weighted by atomic mass is 32.2. The van der Waals surface area contributed by atoms with Crippen molar-refractivity contribution in [3.63, 3.8) is 0 Å². The van der Waals surface area contributed by atoms with Crippen molar-refractivity contribution in [2.75, 3.05) is 16.3 Å². The molecule has 0 saturated heterocycles. The Morgan fingerprint density at radius 3 is 2.50 bits per heavy atom. The van der Waals surface area contributed by atoms with Crippen molar-refractivity contribution in [1.29, 1.82) is 0 Å². The molecule has 0 saturated carbocycles. The first-order valence-corrected chi connectivity index (χ1v) is 10.1. The predicted molar refractivity (Wildman–Crippen MR) is 104 cm³/mol. The van der Waals surface area contributed by atoms with Gasteiger partial charge in [-0.3, -0.25) is 9.52 Å². The van der Waals surface area contributed by atoms with Gasteiger partial charge in [0, 0.05) is 17.1 Å². The van der Waals surface area contributed by atoms with Gasteiger partial charge >= 0.3 is 0 Å². The van der Waals surface area contributed by atoms with Crippen LogP contribution in [0.3, 0.4) is 0 Å². The van der Waals surface area contributed by atoms with Gasteiger partial charge in [-0.25, -0.2) is 13.1 Å². The van der Waals surface area contributed by atoms with Crippen LogP contribution in [0.2, 0.25) is 0 Å². The van der Waals surface area contributed by atoms with Gasteiger partial charge in [0.1, 0.15) is 0 Å². The van der Waals surface area contributed by atoms with E-state index in [9.17, 15) is 13.2 Å². The fourth-order valence-electron chi connectivity index (χ4n) is 2.73. The highest BCUT2D eigenvalue weighted by Crippen LogP contribution is 2.26. The van der Waals surface area contributed by atoms with Gasteiger partial charge in [-0.15, -0.1) is 5.10 Å². The lowest BCUT2D eigenvalue weighted by Crippen LogP contribution is -2.11. The van der Waals surface area contributed by atoms with Gasteiger partial charge in [-0.1, -0.05) is 17.3 Å². The molecule has 0 aliphatic rings. The summed E-state index contributed by atoms with van der Waals surface area (Å²) in [5.41, 5.74) is 2.01. The molecule has 0 fully saturated rings. The van der Waals surface area contributed by atoms with E-state index in [1.54, 1.807) is 35.0 Å². The second kappa shape index (κ2) is 6.82. The van der Waals surface area contributed by atoms with E-state index in [1.165, 1.54) is 12.3 Å². The van der Waals surface area contributed by atoms with Crippen molar-refractivity contribution in [2.24, 2.45) is 0 Å². The van der Waals surface area contributed by atoms with E-state index in [2.05, 4.69) is 20.3 Å². The molecular weight excluding hydrogens is 382 g/mol. The first-order chi connectivity index (χ1) is 13.4. The number of hydrogen-bond acceptors (Lipinski definition) is 6. The first kappa shape index (κ1) is 17.7. The number of nitrogens with one attached hydrogen (secondary N) is 2. The molecule has 0 radical (unpaired) electrons. The third kappa shape index (κ3) is 3.58. The van der Waals surface area contributed by atoms with Crippen molar-refractivity contribution in [3.8, 4) is 5.69 Å². The zero-order valence-electron chi connectivity index (χ0n) is 14.7. The average molecular weight is 397 g/mol. The topological polar surface area (TPSA) is 119 Å². The van der Waals surface area contributed by atoms with Crippen LogP contribution >= 0.6 is 0 Å². The minimum absolute atomic E-state index is 0.110. The Hall–Kier alpha value is -3.66. The Bertz CT molecular complexity index is 1250. The molecule has 1 amide bonds. The molecule has 0 bridgehead atoms. The molecule has 10 heteroatoms. The molecule has 28 heavy (non-hydrogen) atoms. The van der Waals surface area contributed by atoms with E-state index in [4.69, 9.17) is 4.52 Å². The molecule has 0 aliphatic heterocycles. The number of fused-ring (bicyclic) bond motifs is 1. The van der Waals surface area contributed by atoms with E-state index in [0.717, 1.165) is 11.8 Å². The van der Waals surface area contributed by atoms with E-state index in [-0.39, 0.29) is 11.6 Å². The zero-order chi connectivity index (χ0) is 19.7. The van der Waals surface area contributed by atoms with Gasteiger partial charge in [-0.2, -0.15) is 0 Å². The lowest BCUT2D eigenvalue weighted by atomic mass is 10.2. The van der Waals surface area contributed by atoms with Gasteiger partial charge in [-0.05, 0) is 36.4 Å². The number of aromatic nitrogens is 3. The first-order valence-electron chi connectivity index (χ1n) is 8.19. The lowest BCUT2D eigenvalue weighted by molar-refractivity contribution is 0.0988. The summed E-state index contributed by atoms with van der Waals surface area (Å²) in [6, 6.07) is 15.7. The second-order valence-electron chi connectivity index (χ2n) is 6.03. The quantitative estimate of drug-likeness (QED) is 0.534. The van der Waals surface area contributed by atoms with Crippen LogP contribution in [0.5, 0.6) is 0 Å². The molecule has 9 nitrogen and oxygen atoms in total. The smallest absolute Gasteiger partial charge is 0.294 e. The van der Waals surface area contributed by atoms with Crippen LogP contribution in [-0.2, 0) is 10.0 Å². The Morgan fingerprint density at radius 1 is 1.07 bits per heavy atom. The third-order valence-corrected chi connectivity index (χ3v) is 4.46. The van der Waals surface area contributed by atoms with E-state index < -0.39 is 15.9 Å². The summed E-state index contributed by atoms with van der Waals surface area (Å²) in [6.07, 6.45) is 2.47. The minimum Gasteiger partial charge on any atom is -0.351 e. The second-order valence-corrected chi connectivity index (χ2v) is 7.78. The molecule has 2 N–H and O–H groups in total. The summed E-state index contributed by atoms with van der Waals surface area (Å²) >= 11 is 0. The van der Waals surface area contributed by atoms with Crippen LogP contribution in [0.1, 0.15) is 10.6 Å². The molecule has 0 aliphatic carbocycles. The molecule has 4 rings (SSSR count). The standard InChI is InChI=1S/C18H15N5O4S/c1-28(25,26)22-17-14-4-2-3-5-15(14)23(21-17)13-8-6-12(7-9-13)20-18(24)16-10-11-19-27-16/h2-11H,1H3,(H,20,24)(H,21,22). The Morgan fingerprint density at radius 2 is 1.82 bits per heavy atom. The lowest BCUT2D eigenvalue weighted by Gasteiger charge is -2.06. The van der Waals surface area contributed by atoms with E-state index in [0.29, 0.717) is 16.8 Å². The predicted octanol–water partition coefficient (Wildman–Crippen LogP) is 2.64. The van der Waals surface area contributed by atoms with Crippen molar-refractivity contribution < 1.29 is 17.7 Å².